The second-order valence-corrected chi connectivity index (χ2v) is 20.9. The van der Waals surface area contributed by atoms with E-state index in [4.69, 9.17) is 9.72 Å². The van der Waals surface area contributed by atoms with Crippen molar-refractivity contribution in [2.45, 2.75) is 26.2 Å². The van der Waals surface area contributed by atoms with E-state index in [1.54, 1.807) is 0 Å². The van der Waals surface area contributed by atoms with Gasteiger partial charge in [0, 0.05) is 11.3 Å². The molecule has 72 heavy (non-hydrogen) atoms. The fraction of sp³-hybridized carbons (Fsp3) is 0.0625. The number of benzene rings is 9. The topological polar surface area (TPSA) is 38.5 Å². The van der Waals surface area contributed by atoms with Crippen molar-refractivity contribution in [1.82, 2.24) is 14.1 Å². The van der Waals surface area contributed by atoms with Crippen molar-refractivity contribution in [3.8, 4) is 78.6 Å². The predicted octanol–water partition coefficient (Wildman–Crippen LogP) is 15.6. The second-order valence-electron chi connectivity index (χ2n) is 19.9. The van der Waals surface area contributed by atoms with Crippen LogP contribution >= 0.6 is 0 Å². The van der Waals surface area contributed by atoms with Crippen molar-refractivity contribution in [3.63, 3.8) is 0 Å². The number of pyridine rings is 1. The minimum absolute atomic E-state index is 0.0702. The normalized spacial score (nSPS) is 12.9. The molecule has 3 aliphatic rings. The molecular formula is C64H46BN5OPt. The molecule has 0 atom stereocenters. The van der Waals surface area contributed by atoms with Gasteiger partial charge < -0.3 is 0 Å². The molecule has 0 amide bonds. The fourth-order valence-corrected chi connectivity index (χ4v) is 12.4. The molecule has 2 aromatic heterocycles. The zero-order chi connectivity index (χ0) is 48.2. The minimum atomic E-state index is -0.102. The molecule has 5 heterocycles. The van der Waals surface area contributed by atoms with E-state index in [1.165, 1.54) is 61.3 Å². The second kappa shape index (κ2) is 16.4. The summed E-state index contributed by atoms with van der Waals surface area (Å²) >= 11 is 2.53. The van der Waals surface area contributed by atoms with Gasteiger partial charge in [0.25, 0.3) is 0 Å². The van der Waals surface area contributed by atoms with Crippen LogP contribution in [0.25, 0.3) is 78.0 Å². The van der Waals surface area contributed by atoms with Gasteiger partial charge in [-0.05, 0) is 17.7 Å². The van der Waals surface area contributed by atoms with E-state index in [9.17, 15) is 0 Å². The number of hydrogen-bond donors (Lipinski definition) is 0. The maximum absolute atomic E-state index is 6.86. The third kappa shape index (κ3) is 6.61. The van der Waals surface area contributed by atoms with E-state index < -0.39 is 0 Å². The average Bonchev–Trinajstić information content (AvgIpc) is 3.93. The first kappa shape index (κ1) is 42.6. The number of hydrogen-bond acceptors (Lipinski definition) is 4. The molecule has 346 valence electrons. The zero-order valence-corrected chi connectivity index (χ0v) is 42.2. The van der Waals surface area contributed by atoms with Crippen molar-refractivity contribution in [2.24, 2.45) is 0 Å². The third-order valence-corrected chi connectivity index (χ3v) is 15.7. The molecule has 0 bridgehead atoms. The summed E-state index contributed by atoms with van der Waals surface area (Å²) in [6.45, 7) is 6.84. The van der Waals surface area contributed by atoms with Crippen LogP contribution < -0.4 is 19.8 Å². The van der Waals surface area contributed by atoms with Crippen LogP contribution in [0.2, 0.25) is 0 Å². The first-order chi connectivity index (χ1) is 35.3. The molecule has 0 N–H and O–H groups in total. The Morgan fingerprint density at radius 2 is 0.986 bits per heavy atom. The summed E-state index contributed by atoms with van der Waals surface area (Å²) in [5.74, 6) is 2.12. The molecule has 0 radical (unpaired) electrons. The van der Waals surface area contributed by atoms with Crippen molar-refractivity contribution >= 4 is 46.4 Å². The van der Waals surface area contributed by atoms with Gasteiger partial charge in [-0.2, -0.15) is 0 Å². The Labute approximate surface area is 430 Å². The zero-order valence-electron chi connectivity index (χ0n) is 39.9. The van der Waals surface area contributed by atoms with E-state index >= 15 is 0 Å². The Bertz CT molecular complexity index is 4050. The summed E-state index contributed by atoms with van der Waals surface area (Å²) < 4.78 is 12.7. The summed E-state index contributed by atoms with van der Waals surface area (Å²) in [4.78, 5) is 10.3. The molecule has 6 nitrogen and oxygen atoms in total. The van der Waals surface area contributed by atoms with Gasteiger partial charge >= 0.3 is 361 Å². The Kier molecular flexibility index (Phi) is 9.71. The first-order valence-electron chi connectivity index (χ1n) is 24.6. The molecule has 11 aromatic rings. The van der Waals surface area contributed by atoms with Crippen LogP contribution in [-0.4, -0.2) is 21.1 Å². The summed E-state index contributed by atoms with van der Waals surface area (Å²) in [6, 6.07) is 80.9. The number of para-hydroxylation sites is 5. The van der Waals surface area contributed by atoms with E-state index in [-0.39, 0.29) is 12.4 Å². The number of fused-ring (bicyclic) bond motifs is 10. The maximum atomic E-state index is 6.86. The van der Waals surface area contributed by atoms with Gasteiger partial charge in [0.15, 0.2) is 0 Å². The monoisotopic (exact) mass is 1110 g/mol. The van der Waals surface area contributed by atoms with Crippen LogP contribution in [-0.2, 0) is 24.8 Å². The van der Waals surface area contributed by atoms with Crippen LogP contribution in [0.4, 0.5) is 22.9 Å². The molecule has 3 aliphatic heterocycles. The SMILES string of the molecule is CC(C)(C)c1cc(-c2ccccc2)c(-n2[c](=[Pt])n(-c3cccc(Oc4ccc5c(n4)N4B6c7c(cccc7-5)-c5ccccc5N6c5ccccc54)c3)c3ccccc32)c(-c2ccc(-c3ccccc3)cc2)c1. The quantitative estimate of drug-likeness (QED) is 0.149. The Morgan fingerprint density at radius 1 is 0.444 bits per heavy atom. The molecule has 0 unspecified atom stereocenters. The van der Waals surface area contributed by atoms with Gasteiger partial charge in [0.1, 0.15) is 0 Å². The molecule has 8 heteroatoms. The summed E-state index contributed by atoms with van der Waals surface area (Å²) in [6.07, 6.45) is 0. The van der Waals surface area contributed by atoms with Gasteiger partial charge in [-0.25, -0.2) is 0 Å². The number of ether oxygens (including phenoxy) is 1. The molecular weight excluding hydrogens is 1060 g/mol. The van der Waals surface area contributed by atoms with Crippen molar-refractivity contribution in [2.75, 3.05) is 9.62 Å². The van der Waals surface area contributed by atoms with Crippen molar-refractivity contribution in [3.05, 3.63) is 234 Å². The Hall–Kier alpha value is -8.25. The van der Waals surface area contributed by atoms with Crippen LogP contribution in [0.15, 0.2) is 224 Å². The molecule has 14 rings (SSSR count). The Morgan fingerprint density at radius 3 is 1.69 bits per heavy atom. The first-order valence-corrected chi connectivity index (χ1v) is 25.7. The van der Waals surface area contributed by atoms with Crippen LogP contribution in [0.1, 0.15) is 26.3 Å². The molecule has 0 spiro atoms. The number of rotatable bonds is 7. The summed E-state index contributed by atoms with van der Waals surface area (Å²) in [5.41, 5.74) is 22.1. The van der Waals surface area contributed by atoms with Gasteiger partial charge in [0.05, 0.1) is 0 Å². The third-order valence-electron chi connectivity index (χ3n) is 14.7. The molecule has 9 aromatic carbocycles. The number of aromatic nitrogens is 3. The van der Waals surface area contributed by atoms with E-state index in [0.717, 1.165) is 54.4 Å². The molecule has 0 aliphatic carbocycles. The van der Waals surface area contributed by atoms with Crippen molar-refractivity contribution in [1.29, 1.82) is 0 Å². The average molecular weight is 1110 g/mol. The number of imidazole rings is 1. The van der Waals surface area contributed by atoms with Crippen molar-refractivity contribution < 1.29 is 24.1 Å². The van der Waals surface area contributed by atoms with E-state index in [1.807, 2.05) is 12.1 Å². The van der Waals surface area contributed by atoms with Crippen LogP contribution in [0.5, 0.6) is 11.6 Å². The van der Waals surface area contributed by atoms with Crippen LogP contribution in [0, 0.1) is 3.80 Å². The molecule has 0 saturated heterocycles. The van der Waals surface area contributed by atoms with Gasteiger partial charge in [-0.3, -0.25) is 0 Å². The number of anilines is 4. The standard InChI is InChI=1S/C64H46BN5O.Pt/c1-64(2,3)46-38-53(44-20-8-5-9-21-44)62(54(39-46)45-34-32-43(33-35-45)42-18-6-4-7-19-42)68-41-67(56-28-12-13-29-57(56)68)47-22-16-23-48(40-47)71-60-37-36-52-51-26-17-25-50-49-24-10-11-27-55(49)69-58-30-14-15-31-59(58)70(63(52)66-60)65(69)61(50)51;/h4-40H,1-3H3;. The molecule has 0 saturated carbocycles. The van der Waals surface area contributed by atoms with Gasteiger partial charge in [0.2, 0.25) is 0 Å². The van der Waals surface area contributed by atoms with Crippen LogP contribution in [0.3, 0.4) is 0 Å². The molecule has 0 fully saturated rings. The predicted molar refractivity (Wildman–Crippen MR) is 292 cm³/mol. The number of nitrogens with zero attached hydrogens (tertiary/aromatic N) is 5. The van der Waals surface area contributed by atoms with Gasteiger partial charge in [-0.15, -0.1) is 0 Å². The van der Waals surface area contributed by atoms with E-state index in [2.05, 4.69) is 271 Å². The van der Waals surface area contributed by atoms with E-state index in [0.29, 0.717) is 11.6 Å². The fourth-order valence-electron chi connectivity index (χ4n) is 11.3. The van der Waals surface area contributed by atoms with Gasteiger partial charge in [-0.1, -0.05) is 42.5 Å². The summed E-state index contributed by atoms with van der Waals surface area (Å²) in [5, 5.41) is 0. The Balaban J connectivity index is 0.904. The summed E-state index contributed by atoms with van der Waals surface area (Å²) in [7, 11) is 0.